The summed E-state index contributed by atoms with van der Waals surface area (Å²) in [5, 5.41) is 0.0742. The normalized spacial score (nSPS) is 13.3. The maximum atomic E-state index is 12.2. The Morgan fingerprint density at radius 3 is 2.80 bits per heavy atom. The molecular formula is C13H18N4O2S. The van der Waals surface area contributed by atoms with Gasteiger partial charge in [0.05, 0.1) is 6.20 Å². The molecule has 2 aromatic rings. The van der Waals surface area contributed by atoms with E-state index < -0.39 is 10.0 Å². The minimum Gasteiger partial charge on any atom is -0.399 e. The van der Waals surface area contributed by atoms with Crippen molar-refractivity contribution in [1.29, 1.82) is 0 Å². The number of anilines is 1. The van der Waals surface area contributed by atoms with E-state index in [-0.39, 0.29) is 11.1 Å². The number of H-pyrrole nitrogens is 1. The fourth-order valence-electron chi connectivity index (χ4n) is 1.85. The number of aryl methyl sites for hydroxylation is 1. The second-order valence-electron chi connectivity index (χ2n) is 4.56. The molecule has 0 saturated carbocycles. The summed E-state index contributed by atoms with van der Waals surface area (Å²) in [6.07, 6.45) is 1.98. The fourth-order valence-corrected chi connectivity index (χ4v) is 3.02. The molecule has 1 unspecified atom stereocenters. The molecule has 0 radical (unpaired) electrons. The van der Waals surface area contributed by atoms with E-state index in [4.69, 9.17) is 5.73 Å². The highest BCUT2D eigenvalue weighted by Gasteiger charge is 2.20. The molecular weight excluding hydrogens is 276 g/mol. The zero-order valence-electron chi connectivity index (χ0n) is 11.4. The summed E-state index contributed by atoms with van der Waals surface area (Å²) in [7, 11) is -3.62. The lowest BCUT2D eigenvalue weighted by Gasteiger charge is -2.14. The molecule has 0 amide bonds. The van der Waals surface area contributed by atoms with Gasteiger partial charge in [-0.15, -0.1) is 0 Å². The van der Waals surface area contributed by atoms with Crippen LogP contribution in [0.25, 0.3) is 0 Å². The molecule has 20 heavy (non-hydrogen) atoms. The highest BCUT2D eigenvalue weighted by molar-refractivity contribution is 7.89. The van der Waals surface area contributed by atoms with Gasteiger partial charge in [0.15, 0.2) is 5.03 Å². The summed E-state index contributed by atoms with van der Waals surface area (Å²) in [4.78, 5) is 6.79. The topological polar surface area (TPSA) is 101 Å². The summed E-state index contributed by atoms with van der Waals surface area (Å²) >= 11 is 0. The van der Waals surface area contributed by atoms with Crippen molar-refractivity contribution in [2.45, 2.75) is 31.3 Å². The van der Waals surface area contributed by atoms with Crippen LogP contribution in [0, 0.1) is 0 Å². The Morgan fingerprint density at radius 1 is 1.45 bits per heavy atom. The average molecular weight is 294 g/mol. The third-order valence-corrected chi connectivity index (χ3v) is 4.42. The van der Waals surface area contributed by atoms with E-state index in [0.29, 0.717) is 17.9 Å². The van der Waals surface area contributed by atoms with E-state index in [1.807, 2.05) is 13.0 Å². The van der Waals surface area contributed by atoms with Crippen LogP contribution in [0.1, 0.15) is 31.3 Å². The minimum absolute atomic E-state index is 0.0742. The van der Waals surface area contributed by atoms with Gasteiger partial charge in [-0.1, -0.05) is 19.1 Å². The first-order valence-electron chi connectivity index (χ1n) is 6.34. The number of sulfonamides is 1. The second-order valence-corrected chi connectivity index (χ2v) is 6.24. The second kappa shape index (κ2) is 5.64. The van der Waals surface area contributed by atoms with Gasteiger partial charge >= 0.3 is 0 Å². The Morgan fingerprint density at radius 2 is 2.20 bits per heavy atom. The van der Waals surface area contributed by atoms with E-state index in [0.717, 1.165) is 5.56 Å². The lowest BCUT2D eigenvalue weighted by molar-refractivity contribution is 0.563. The molecule has 1 aromatic carbocycles. The molecule has 108 valence electrons. The predicted molar refractivity (Wildman–Crippen MR) is 77.6 cm³/mol. The van der Waals surface area contributed by atoms with Gasteiger partial charge in [0.25, 0.3) is 10.0 Å². The van der Waals surface area contributed by atoms with Gasteiger partial charge in [-0.2, -0.15) is 0 Å². The van der Waals surface area contributed by atoms with Gasteiger partial charge in [0.1, 0.15) is 5.82 Å². The quantitative estimate of drug-likeness (QED) is 0.729. The molecule has 0 aliphatic carbocycles. The SMILES string of the molecule is CCc1ncc(S(=O)(=O)NC(C)c2cccc(N)c2)[nH]1. The monoisotopic (exact) mass is 294 g/mol. The number of nitrogens with zero attached hydrogens (tertiary/aromatic N) is 1. The first kappa shape index (κ1) is 14.5. The van der Waals surface area contributed by atoms with E-state index in [2.05, 4.69) is 14.7 Å². The number of imidazole rings is 1. The largest absolute Gasteiger partial charge is 0.399 e. The summed E-state index contributed by atoms with van der Waals surface area (Å²) in [6, 6.07) is 6.75. The van der Waals surface area contributed by atoms with Crippen LogP contribution in [0.15, 0.2) is 35.5 Å². The van der Waals surface area contributed by atoms with E-state index >= 15 is 0 Å². The Balaban J connectivity index is 2.19. The summed E-state index contributed by atoms with van der Waals surface area (Å²) in [5.41, 5.74) is 7.11. The first-order valence-corrected chi connectivity index (χ1v) is 7.82. The van der Waals surface area contributed by atoms with Gasteiger partial charge < -0.3 is 10.7 Å². The van der Waals surface area contributed by atoms with Crippen LogP contribution in [0.2, 0.25) is 0 Å². The zero-order chi connectivity index (χ0) is 14.8. The van der Waals surface area contributed by atoms with Gasteiger partial charge in [-0.25, -0.2) is 18.1 Å². The predicted octanol–water partition coefficient (Wildman–Crippen LogP) is 1.59. The van der Waals surface area contributed by atoms with Gasteiger partial charge in [0.2, 0.25) is 0 Å². The molecule has 0 saturated heterocycles. The third-order valence-electron chi connectivity index (χ3n) is 2.97. The van der Waals surface area contributed by atoms with Crippen molar-refractivity contribution in [1.82, 2.24) is 14.7 Å². The Bertz CT molecular complexity index is 694. The van der Waals surface area contributed by atoms with Crippen molar-refractivity contribution < 1.29 is 8.42 Å². The van der Waals surface area contributed by atoms with Crippen molar-refractivity contribution >= 4 is 15.7 Å². The van der Waals surface area contributed by atoms with Crippen molar-refractivity contribution in [3.8, 4) is 0 Å². The molecule has 0 aliphatic rings. The Hall–Kier alpha value is -1.86. The molecule has 6 nitrogen and oxygen atoms in total. The molecule has 0 spiro atoms. The summed E-state index contributed by atoms with van der Waals surface area (Å²) in [6.45, 7) is 3.67. The standard InChI is InChI=1S/C13H18N4O2S/c1-3-12-15-8-13(16-12)20(18,19)17-9(2)10-5-4-6-11(14)7-10/h4-9,17H,3,14H2,1-2H3,(H,15,16). The molecule has 1 aromatic heterocycles. The molecule has 2 rings (SSSR count). The van der Waals surface area contributed by atoms with Crippen LogP contribution in [0.5, 0.6) is 0 Å². The number of nitrogens with one attached hydrogen (secondary N) is 2. The van der Waals surface area contributed by atoms with Crippen LogP contribution in [-0.2, 0) is 16.4 Å². The van der Waals surface area contributed by atoms with Crippen LogP contribution >= 0.6 is 0 Å². The first-order chi connectivity index (χ1) is 9.42. The number of aromatic nitrogens is 2. The summed E-state index contributed by atoms with van der Waals surface area (Å²) < 4.78 is 27.0. The number of benzene rings is 1. The van der Waals surface area contributed by atoms with E-state index in [1.54, 1.807) is 25.1 Å². The lowest BCUT2D eigenvalue weighted by Crippen LogP contribution is -2.27. The van der Waals surface area contributed by atoms with Crippen molar-refractivity contribution in [2.75, 3.05) is 5.73 Å². The molecule has 0 bridgehead atoms. The molecule has 0 fully saturated rings. The van der Waals surface area contributed by atoms with Crippen molar-refractivity contribution in [3.63, 3.8) is 0 Å². The van der Waals surface area contributed by atoms with E-state index in [9.17, 15) is 8.42 Å². The number of rotatable bonds is 5. The number of hydrogen-bond donors (Lipinski definition) is 3. The minimum atomic E-state index is -3.62. The van der Waals surface area contributed by atoms with Crippen LogP contribution < -0.4 is 10.5 Å². The molecule has 0 aliphatic heterocycles. The highest BCUT2D eigenvalue weighted by Crippen LogP contribution is 2.18. The molecule has 4 N–H and O–H groups in total. The highest BCUT2D eigenvalue weighted by atomic mass is 32.2. The number of nitrogens with two attached hydrogens (primary N) is 1. The van der Waals surface area contributed by atoms with Gasteiger partial charge in [-0.3, -0.25) is 0 Å². The van der Waals surface area contributed by atoms with Gasteiger partial charge in [0, 0.05) is 18.2 Å². The maximum absolute atomic E-state index is 12.2. The molecule has 7 heteroatoms. The maximum Gasteiger partial charge on any atom is 0.258 e. The lowest BCUT2D eigenvalue weighted by atomic mass is 10.1. The van der Waals surface area contributed by atoms with Crippen LogP contribution in [0.4, 0.5) is 5.69 Å². The number of hydrogen-bond acceptors (Lipinski definition) is 4. The average Bonchev–Trinajstić information content (AvgIpc) is 2.87. The Labute approximate surface area is 118 Å². The van der Waals surface area contributed by atoms with Crippen LogP contribution in [-0.4, -0.2) is 18.4 Å². The zero-order valence-corrected chi connectivity index (χ0v) is 12.2. The fraction of sp³-hybridized carbons (Fsp3) is 0.308. The molecule has 1 heterocycles. The summed E-state index contributed by atoms with van der Waals surface area (Å²) in [5.74, 6) is 0.641. The van der Waals surface area contributed by atoms with Crippen LogP contribution in [0.3, 0.4) is 0 Å². The number of aromatic amines is 1. The number of nitrogen functional groups attached to an aromatic ring is 1. The van der Waals surface area contributed by atoms with Crippen molar-refractivity contribution in [2.24, 2.45) is 0 Å². The van der Waals surface area contributed by atoms with E-state index in [1.165, 1.54) is 6.20 Å². The third kappa shape index (κ3) is 3.17. The molecule has 1 atom stereocenters. The Kier molecular flexibility index (Phi) is 4.10. The van der Waals surface area contributed by atoms with Crippen molar-refractivity contribution in [3.05, 3.63) is 41.9 Å². The van der Waals surface area contributed by atoms with Gasteiger partial charge in [-0.05, 0) is 24.6 Å². The smallest absolute Gasteiger partial charge is 0.258 e.